The fourth-order valence-electron chi connectivity index (χ4n) is 4.79. The number of aryl methyl sites for hydroxylation is 1. The van der Waals surface area contributed by atoms with E-state index in [1.54, 1.807) is 36.4 Å². The maximum Gasteiger partial charge on any atom is 0.222 e. The summed E-state index contributed by atoms with van der Waals surface area (Å²) in [7, 11) is -1.10. The molecule has 6 nitrogen and oxygen atoms in total. The van der Waals surface area contributed by atoms with Crippen LogP contribution in [-0.4, -0.2) is 61.5 Å². The molecular formula is C29H34FN3O3S. The van der Waals surface area contributed by atoms with Crippen molar-refractivity contribution in [1.29, 1.82) is 0 Å². The summed E-state index contributed by atoms with van der Waals surface area (Å²) in [5, 5.41) is 0. The van der Waals surface area contributed by atoms with Gasteiger partial charge in [-0.1, -0.05) is 30.3 Å². The van der Waals surface area contributed by atoms with E-state index in [1.807, 2.05) is 17.2 Å². The molecule has 4 rings (SSSR count). The summed E-state index contributed by atoms with van der Waals surface area (Å²) in [6.45, 7) is 2.31. The van der Waals surface area contributed by atoms with Crippen LogP contribution in [0.1, 0.15) is 36.8 Å². The van der Waals surface area contributed by atoms with E-state index in [4.69, 9.17) is 0 Å². The number of rotatable bonds is 9. The summed E-state index contributed by atoms with van der Waals surface area (Å²) in [5.41, 5.74) is 3.85. The zero-order chi connectivity index (χ0) is 26.4. The molecule has 2 heterocycles. The maximum atomic E-state index is 13.0. The lowest BCUT2D eigenvalue weighted by molar-refractivity contribution is -0.132. The first-order valence-electron chi connectivity index (χ1n) is 12.7. The highest BCUT2D eigenvalue weighted by atomic mass is 32.2. The smallest absolute Gasteiger partial charge is 0.222 e. The van der Waals surface area contributed by atoms with E-state index in [0.717, 1.165) is 67.7 Å². The summed E-state index contributed by atoms with van der Waals surface area (Å²) < 4.78 is 36.3. The van der Waals surface area contributed by atoms with Crippen LogP contribution in [0.4, 0.5) is 4.39 Å². The van der Waals surface area contributed by atoms with Gasteiger partial charge in [-0.3, -0.25) is 14.7 Å². The molecule has 1 amide bonds. The molecule has 0 atom stereocenters. The fraction of sp³-hybridized carbons (Fsp3) is 0.379. The Hall–Kier alpha value is -3.10. The Morgan fingerprint density at radius 3 is 2.24 bits per heavy atom. The monoisotopic (exact) mass is 523 g/mol. The van der Waals surface area contributed by atoms with Crippen LogP contribution < -0.4 is 0 Å². The molecule has 0 spiro atoms. The van der Waals surface area contributed by atoms with Crippen molar-refractivity contribution in [2.24, 2.45) is 0 Å². The van der Waals surface area contributed by atoms with Crippen molar-refractivity contribution in [1.82, 2.24) is 14.8 Å². The number of likely N-dealkylation sites (tertiary alicyclic amines) is 1. The molecule has 0 aliphatic carbocycles. The standard InChI is InChI=1S/C29H34FN3O3S/c1-32(21-23-8-15-28(31-20-23)24-9-13-27(14-10-24)37(2,35)36)26-16-18-33(19-17-26)29(34)5-3-4-22-6-11-25(30)12-7-22/h6-15,20,26H,3-5,16-19,21H2,1-2H3. The van der Waals surface area contributed by atoms with Gasteiger partial charge in [0.1, 0.15) is 5.82 Å². The molecule has 8 heteroatoms. The topological polar surface area (TPSA) is 70.6 Å². The molecule has 0 unspecified atom stereocenters. The highest BCUT2D eigenvalue weighted by Gasteiger charge is 2.25. The minimum Gasteiger partial charge on any atom is -0.343 e. The van der Waals surface area contributed by atoms with Crippen LogP contribution in [0.3, 0.4) is 0 Å². The number of carbonyl (C=O) groups is 1. The van der Waals surface area contributed by atoms with Gasteiger partial charge in [0, 0.05) is 50.1 Å². The van der Waals surface area contributed by atoms with Crippen LogP contribution in [0, 0.1) is 5.82 Å². The average Bonchev–Trinajstić information content (AvgIpc) is 2.90. The van der Waals surface area contributed by atoms with Crippen molar-refractivity contribution in [2.45, 2.75) is 49.6 Å². The molecule has 1 saturated heterocycles. The number of halogens is 1. The molecule has 2 aromatic carbocycles. The van der Waals surface area contributed by atoms with Crippen molar-refractivity contribution in [3.63, 3.8) is 0 Å². The van der Waals surface area contributed by atoms with Gasteiger partial charge in [-0.2, -0.15) is 0 Å². The molecule has 1 aliphatic heterocycles. The highest BCUT2D eigenvalue weighted by Crippen LogP contribution is 2.22. The molecule has 1 aromatic heterocycles. The predicted molar refractivity (Wildman–Crippen MR) is 143 cm³/mol. The highest BCUT2D eigenvalue weighted by molar-refractivity contribution is 7.90. The molecule has 1 aliphatic rings. The lowest BCUT2D eigenvalue weighted by Crippen LogP contribution is -2.45. The fourth-order valence-corrected chi connectivity index (χ4v) is 5.42. The van der Waals surface area contributed by atoms with Crippen LogP contribution in [0.15, 0.2) is 71.8 Å². The van der Waals surface area contributed by atoms with E-state index >= 15 is 0 Å². The number of hydrogen-bond donors (Lipinski definition) is 0. The van der Waals surface area contributed by atoms with Gasteiger partial charge in [-0.15, -0.1) is 0 Å². The van der Waals surface area contributed by atoms with Crippen LogP contribution in [0.5, 0.6) is 0 Å². The number of benzene rings is 2. The Morgan fingerprint density at radius 2 is 1.65 bits per heavy atom. The Labute approximate surface area is 219 Å². The van der Waals surface area contributed by atoms with Gasteiger partial charge in [0.15, 0.2) is 9.84 Å². The second kappa shape index (κ2) is 12.0. The number of piperidine rings is 1. The number of sulfone groups is 1. The summed E-state index contributed by atoms with van der Waals surface area (Å²) >= 11 is 0. The molecule has 1 fully saturated rings. The number of aromatic nitrogens is 1. The van der Waals surface area contributed by atoms with Crippen LogP contribution in [-0.2, 0) is 27.6 Å². The van der Waals surface area contributed by atoms with E-state index in [-0.39, 0.29) is 11.7 Å². The van der Waals surface area contributed by atoms with Gasteiger partial charge in [0.2, 0.25) is 5.91 Å². The third-order valence-corrected chi connectivity index (χ3v) is 8.17. The first-order chi connectivity index (χ1) is 17.7. The molecule has 37 heavy (non-hydrogen) atoms. The Bertz CT molecular complexity index is 1290. The first-order valence-corrected chi connectivity index (χ1v) is 14.6. The van der Waals surface area contributed by atoms with Gasteiger partial charge < -0.3 is 4.90 Å². The second-order valence-corrected chi connectivity index (χ2v) is 11.9. The maximum absolute atomic E-state index is 13.0. The van der Waals surface area contributed by atoms with Crippen LogP contribution >= 0.6 is 0 Å². The summed E-state index contributed by atoms with van der Waals surface area (Å²) in [5.74, 6) is -0.0349. The largest absolute Gasteiger partial charge is 0.343 e. The summed E-state index contributed by atoms with van der Waals surface area (Å²) in [6.07, 6.45) is 7.03. The van der Waals surface area contributed by atoms with E-state index in [2.05, 4.69) is 23.0 Å². The van der Waals surface area contributed by atoms with Crippen molar-refractivity contribution < 1.29 is 17.6 Å². The number of nitrogens with zero attached hydrogens (tertiary/aromatic N) is 3. The van der Waals surface area contributed by atoms with Gasteiger partial charge in [-0.25, -0.2) is 12.8 Å². The zero-order valence-corrected chi connectivity index (χ0v) is 22.3. The minimum atomic E-state index is -3.22. The van der Waals surface area contributed by atoms with E-state index in [9.17, 15) is 17.6 Å². The third-order valence-electron chi connectivity index (χ3n) is 7.04. The normalized spacial score (nSPS) is 14.8. The number of pyridine rings is 1. The molecular weight excluding hydrogens is 489 g/mol. The van der Waals surface area contributed by atoms with Gasteiger partial charge >= 0.3 is 0 Å². The third kappa shape index (κ3) is 7.46. The van der Waals surface area contributed by atoms with E-state index in [0.29, 0.717) is 17.4 Å². The lowest BCUT2D eigenvalue weighted by atomic mass is 10.0. The second-order valence-electron chi connectivity index (χ2n) is 9.86. The first kappa shape index (κ1) is 26.9. The Balaban J connectivity index is 1.22. The SMILES string of the molecule is CN(Cc1ccc(-c2ccc(S(C)(=O)=O)cc2)nc1)C1CCN(C(=O)CCCc2ccc(F)cc2)CC1. The van der Waals surface area contributed by atoms with E-state index < -0.39 is 9.84 Å². The van der Waals surface area contributed by atoms with Crippen molar-refractivity contribution in [3.8, 4) is 11.3 Å². The van der Waals surface area contributed by atoms with Crippen molar-refractivity contribution in [3.05, 3.63) is 83.8 Å². The number of amides is 1. The summed E-state index contributed by atoms with van der Waals surface area (Å²) in [4.78, 5) is 21.8. The Kier molecular flexibility index (Phi) is 8.71. The van der Waals surface area contributed by atoms with Gasteiger partial charge in [-0.05, 0) is 74.2 Å². The average molecular weight is 524 g/mol. The van der Waals surface area contributed by atoms with Crippen LogP contribution in [0.2, 0.25) is 0 Å². The van der Waals surface area contributed by atoms with Crippen LogP contribution in [0.25, 0.3) is 11.3 Å². The quantitative estimate of drug-likeness (QED) is 0.405. The van der Waals surface area contributed by atoms with Crippen molar-refractivity contribution in [2.75, 3.05) is 26.4 Å². The predicted octanol–water partition coefficient (Wildman–Crippen LogP) is 4.74. The lowest BCUT2D eigenvalue weighted by Gasteiger charge is -2.37. The molecule has 3 aromatic rings. The van der Waals surface area contributed by atoms with Crippen molar-refractivity contribution >= 4 is 15.7 Å². The minimum absolute atomic E-state index is 0.201. The molecule has 0 saturated carbocycles. The Morgan fingerprint density at radius 1 is 1.00 bits per heavy atom. The zero-order valence-electron chi connectivity index (χ0n) is 21.4. The molecule has 196 valence electrons. The van der Waals surface area contributed by atoms with Gasteiger partial charge in [0.25, 0.3) is 0 Å². The van der Waals surface area contributed by atoms with Gasteiger partial charge in [0.05, 0.1) is 10.6 Å². The molecule has 0 N–H and O–H groups in total. The molecule has 0 radical (unpaired) electrons. The molecule has 0 bridgehead atoms. The van der Waals surface area contributed by atoms with E-state index in [1.165, 1.54) is 18.4 Å². The summed E-state index contributed by atoms with van der Waals surface area (Å²) in [6, 6.07) is 17.7. The number of carbonyl (C=O) groups excluding carboxylic acids is 1. The number of hydrogen-bond acceptors (Lipinski definition) is 5.